The lowest BCUT2D eigenvalue weighted by molar-refractivity contribution is -0.0227. The van der Waals surface area contributed by atoms with Gasteiger partial charge in [0.2, 0.25) is 0 Å². The molecule has 0 saturated carbocycles. The first-order valence-electron chi connectivity index (χ1n) is 8.28. The minimum atomic E-state index is -0.928. The van der Waals surface area contributed by atoms with E-state index >= 15 is 0 Å². The van der Waals surface area contributed by atoms with Gasteiger partial charge in [-0.25, -0.2) is 0 Å². The van der Waals surface area contributed by atoms with E-state index < -0.39 is 11.0 Å². The fourth-order valence-corrected chi connectivity index (χ4v) is 3.34. The highest BCUT2D eigenvalue weighted by molar-refractivity contribution is 5.23. The van der Waals surface area contributed by atoms with Crippen LogP contribution < -0.4 is 5.73 Å². The lowest BCUT2D eigenvalue weighted by Gasteiger charge is -2.47. The van der Waals surface area contributed by atoms with Crippen molar-refractivity contribution in [1.82, 2.24) is 0 Å². The molecule has 24 heavy (non-hydrogen) atoms. The summed E-state index contributed by atoms with van der Waals surface area (Å²) in [6.45, 7) is -0.594. The van der Waals surface area contributed by atoms with Gasteiger partial charge in [0.15, 0.2) is 0 Å². The third-order valence-electron chi connectivity index (χ3n) is 4.97. The van der Waals surface area contributed by atoms with E-state index in [2.05, 4.69) is 0 Å². The molecule has 0 aliphatic carbocycles. The van der Waals surface area contributed by atoms with Gasteiger partial charge in [0.1, 0.15) is 0 Å². The maximum Gasteiger partial charge on any atom is 0.0530 e. The topological polar surface area (TPSA) is 86.7 Å². The Balaban J connectivity index is 2.38. The van der Waals surface area contributed by atoms with Gasteiger partial charge in [0, 0.05) is 17.6 Å². The van der Waals surface area contributed by atoms with Crippen molar-refractivity contribution in [1.29, 1.82) is 0 Å². The van der Waals surface area contributed by atoms with Crippen LogP contribution in [0.4, 0.5) is 0 Å². The summed E-state index contributed by atoms with van der Waals surface area (Å²) in [7, 11) is 0. The predicted octanol–water partition coefficient (Wildman–Crippen LogP) is 1.52. The summed E-state index contributed by atoms with van der Waals surface area (Å²) in [5.41, 5.74) is 6.88. The number of hydrogen-bond donors (Lipinski definition) is 4. The molecule has 2 aromatic carbocycles. The number of aliphatic hydroxyl groups excluding tert-OH is 3. The van der Waals surface area contributed by atoms with Crippen molar-refractivity contribution in [3.8, 4) is 0 Å². The summed E-state index contributed by atoms with van der Waals surface area (Å²) in [5.74, 6) is 0. The number of rotatable bonds is 9. The van der Waals surface area contributed by atoms with E-state index in [-0.39, 0.29) is 19.8 Å². The predicted molar refractivity (Wildman–Crippen MR) is 95.5 cm³/mol. The van der Waals surface area contributed by atoms with Crippen LogP contribution in [0.15, 0.2) is 60.7 Å². The van der Waals surface area contributed by atoms with Crippen LogP contribution in [0, 0.1) is 5.41 Å². The van der Waals surface area contributed by atoms with Gasteiger partial charge >= 0.3 is 0 Å². The van der Waals surface area contributed by atoms with Gasteiger partial charge < -0.3 is 21.1 Å². The van der Waals surface area contributed by atoms with E-state index in [9.17, 15) is 15.3 Å². The Morgan fingerprint density at radius 1 is 0.708 bits per heavy atom. The van der Waals surface area contributed by atoms with Crippen molar-refractivity contribution < 1.29 is 15.3 Å². The molecule has 0 bridgehead atoms. The van der Waals surface area contributed by atoms with Crippen LogP contribution in [-0.2, 0) is 12.8 Å². The highest BCUT2D eigenvalue weighted by Gasteiger charge is 2.47. The second-order valence-corrected chi connectivity index (χ2v) is 6.55. The molecule has 2 aromatic rings. The summed E-state index contributed by atoms with van der Waals surface area (Å²) < 4.78 is 0. The Labute approximate surface area is 143 Å². The second-order valence-electron chi connectivity index (χ2n) is 6.55. The van der Waals surface area contributed by atoms with Gasteiger partial charge in [-0.3, -0.25) is 0 Å². The Morgan fingerprint density at radius 3 is 1.58 bits per heavy atom. The third kappa shape index (κ3) is 4.02. The fraction of sp³-hybridized carbons (Fsp3) is 0.400. The zero-order valence-corrected chi connectivity index (χ0v) is 13.9. The number of benzene rings is 2. The number of aliphatic hydroxyl groups is 3. The molecule has 1 atom stereocenters. The minimum Gasteiger partial charge on any atom is -0.396 e. The van der Waals surface area contributed by atoms with Crippen LogP contribution in [0.1, 0.15) is 17.5 Å². The molecule has 0 spiro atoms. The maximum atomic E-state index is 10.2. The van der Waals surface area contributed by atoms with Crippen LogP contribution in [0.3, 0.4) is 0 Å². The Hall–Kier alpha value is -1.72. The molecular formula is C20H27NO3. The van der Waals surface area contributed by atoms with Gasteiger partial charge in [-0.15, -0.1) is 0 Å². The lowest BCUT2D eigenvalue weighted by atomic mass is 9.63. The standard InChI is InChI=1S/C20H27NO3/c21-20(11-12-22,14-18-9-5-2-6-10-18)19(15-23,16-24)13-17-7-3-1-4-8-17/h1-10,22-24H,11-16,21H2. The molecule has 0 heterocycles. The average Bonchev–Trinajstić information content (AvgIpc) is 2.61. The van der Waals surface area contributed by atoms with Gasteiger partial charge in [-0.05, 0) is 30.4 Å². The van der Waals surface area contributed by atoms with Crippen LogP contribution in [0.2, 0.25) is 0 Å². The molecule has 0 aliphatic heterocycles. The highest BCUT2D eigenvalue weighted by Crippen LogP contribution is 2.38. The van der Waals surface area contributed by atoms with E-state index in [1.807, 2.05) is 60.7 Å². The van der Waals surface area contributed by atoms with Gasteiger partial charge in [0.25, 0.3) is 0 Å². The molecule has 5 N–H and O–H groups in total. The van der Waals surface area contributed by atoms with Crippen molar-refractivity contribution >= 4 is 0 Å². The van der Waals surface area contributed by atoms with Crippen molar-refractivity contribution in [2.24, 2.45) is 11.1 Å². The molecule has 0 aromatic heterocycles. The maximum absolute atomic E-state index is 10.2. The van der Waals surface area contributed by atoms with E-state index in [4.69, 9.17) is 5.73 Å². The largest absolute Gasteiger partial charge is 0.396 e. The van der Waals surface area contributed by atoms with Gasteiger partial charge in [0.05, 0.1) is 13.2 Å². The molecular weight excluding hydrogens is 302 g/mol. The van der Waals surface area contributed by atoms with Crippen LogP contribution in [0.5, 0.6) is 0 Å². The molecule has 2 rings (SSSR count). The first kappa shape index (κ1) is 18.6. The first-order valence-corrected chi connectivity index (χ1v) is 8.28. The molecule has 0 fully saturated rings. The molecule has 0 aliphatic rings. The Morgan fingerprint density at radius 2 is 1.17 bits per heavy atom. The summed E-state index contributed by atoms with van der Waals surface area (Å²) in [5, 5.41) is 29.9. The molecule has 130 valence electrons. The van der Waals surface area contributed by atoms with Crippen LogP contribution in [-0.4, -0.2) is 40.7 Å². The smallest absolute Gasteiger partial charge is 0.0530 e. The minimum absolute atomic E-state index is 0.0973. The molecule has 1 unspecified atom stereocenters. The zero-order chi connectivity index (χ0) is 17.5. The van der Waals surface area contributed by atoms with E-state index in [0.717, 1.165) is 11.1 Å². The summed E-state index contributed by atoms with van der Waals surface area (Å²) in [6.07, 6.45) is 1.22. The van der Waals surface area contributed by atoms with E-state index in [1.54, 1.807) is 0 Å². The Kier molecular flexibility index (Phi) is 6.52. The van der Waals surface area contributed by atoms with E-state index in [0.29, 0.717) is 19.3 Å². The first-order chi connectivity index (χ1) is 11.6. The fourth-order valence-electron chi connectivity index (χ4n) is 3.34. The lowest BCUT2D eigenvalue weighted by Crippen LogP contribution is -2.62. The summed E-state index contributed by atoms with van der Waals surface area (Å²) in [4.78, 5) is 0. The van der Waals surface area contributed by atoms with Crippen molar-refractivity contribution in [3.05, 3.63) is 71.8 Å². The summed E-state index contributed by atoms with van der Waals surface area (Å²) in [6, 6.07) is 19.5. The van der Waals surface area contributed by atoms with Crippen LogP contribution >= 0.6 is 0 Å². The third-order valence-corrected chi connectivity index (χ3v) is 4.97. The molecule has 4 nitrogen and oxygen atoms in total. The Bertz CT molecular complexity index is 599. The van der Waals surface area contributed by atoms with Gasteiger partial charge in [-0.2, -0.15) is 0 Å². The monoisotopic (exact) mass is 329 g/mol. The number of hydrogen-bond acceptors (Lipinski definition) is 4. The average molecular weight is 329 g/mol. The van der Waals surface area contributed by atoms with Crippen molar-refractivity contribution in [2.75, 3.05) is 19.8 Å². The molecule has 0 radical (unpaired) electrons. The summed E-state index contributed by atoms with van der Waals surface area (Å²) >= 11 is 0. The normalized spacial score (nSPS) is 14.3. The van der Waals surface area contributed by atoms with E-state index in [1.165, 1.54) is 0 Å². The zero-order valence-electron chi connectivity index (χ0n) is 13.9. The van der Waals surface area contributed by atoms with Gasteiger partial charge in [-0.1, -0.05) is 60.7 Å². The quantitative estimate of drug-likeness (QED) is 0.562. The molecule has 0 amide bonds. The second kappa shape index (κ2) is 8.40. The molecule has 0 saturated heterocycles. The van der Waals surface area contributed by atoms with Crippen LogP contribution in [0.25, 0.3) is 0 Å². The SMILES string of the molecule is NC(CCO)(Cc1ccccc1)C(CO)(CO)Cc1ccccc1. The van der Waals surface area contributed by atoms with Crippen molar-refractivity contribution in [3.63, 3.8) is 0 Å². The van der Waals surface area contributed by atoms with Crippen molar-refractivity contribution in [2.45, 2.75) is 24.8 Å². The molecule has 4 heteroatoms. The number of nitrogens with two attached hydrogens (primary N) is 1. The highest BCUT2D eigenvalue weighted by atomic mass is 16.3.